The summed E-state index contributed by atoms with van der Waals surface area (Å²) in [4.78, 5) is 25.4. The van der Waals surface area contributed by atoms with Crippen LogP contribution in [-0.2, 0) is 28.5 Å². The van der Waals surface area contributed by atoms with Gasteiger partial charge in [0.25, 0.3) is 0 Å². The van der Waals surface area contributed by atoms with Gasteiger partial charge in [0, 0.05) is 68.5 Å². The lowest BCUT2D eigenvalue weighted by molar-refractivity contribution is -0.147. The lowest BCUT2D eigenvalue weighted by atomic mass is 9.89. The monoisotopic (exact) mass is 1810 g/mol. The van der Waals surface area contributed by atoms with E-state index in [1.54, 1.807) is 0 Å². The van der Waals surface area contributed by atoms with Crippen molar-refractivity contribution in [2.45, 2.75) is 185 Å². The lowest BCUT2D eigenvalue weighted by Gasteiger charge is -2.17. The van der Waals surface area contributed by atoms with E-state index in [0.29, 0.717) is 106 Å². The summed E-state index contributed by atoms with van der Waals surface area (Å²) in [5.74, 6) is 71.5. The van der Waals surface area contributed by atoms with Crippen molar-refractivity contribution in [3.63, 3.8) is 0 Å². The number of hydrogen-bond acceptors (Lipinski definition) is 8. The molecule has 0 heterocycles. The van der Waals surface area contributed by atoms with Gasteiger partial charge in [-0.1, -0.05) is 372 Å². The molecule has 0 aromatic heterocycles. The molecule has 0 fully saturated rings. The van der Waals surface area contributed by atoms with Crippen molar-refractivity contribution in [3.8, 4) is 130 Å². The summed E-state index contributed by atoms with van der Waals surface area (Å²) in [6.07, 6.45) is 16.0. The summed E-state index contributed by atoms with van der Waals surface area (Å²) >= 11 is 0. The zero-order chi connectivity index (χ0) is 96.7. The van der Waals surface area contributed by atoms with E-state index < -0.39 is 0 Å². The van der Waals surface area contributed by atoms with Crippen molar-refractivity contribution in [1.29, 1.82) is 0 Å². The maximum absolute atomic E-state index is 12.7. The van der Waals surface area contributed by atoms with Gasteiger partial charge < -0.3 is 28.4 Å². The van der Waals surface area contributed by atoms with E-state index in [-0.39, 0.29) is 38.4 Å². The predicted octanol–water partition coefficient (Wildman–Crippen LogP) is 26.4. The van der Waals surface area contributed by atoms with Crippen LogP contribution in [0.3, 0.4) is 0 Å². The molecular formula is C130H122O8. The zero-order valence-corrected chi connectivity index (χ0v) is 81.7. The molecule has 0 aliphatic rings. The number of aryl methyl sites for hydroxylation is 10. The maximum atomic E-state index is 12.7. The third-order valence-corrected chi connectivity index (χ3v) is 23.1. The first-order chi connectivity index (χ1) is 67.4. The molecule has 0 radical (unpaired) electrons. The predicted molar refractivity (Wildman–Crippen MR) is 562 cm³/mol. The van der Waals surface area contributed by atoms with Gasteiger partial charge in [-0.15, -0.1) is 0 Å². The molecular weight excluding hydrogens is 1690 g/mol. The first-order valence-electron chi connectivity index (χ1n) is 48.5. The highest BCUT2D eigenvalue weighted by atomic mass is 16.6. The Labute approximate surface area is 821 Å². The van der Waals surface area contributed by atoms with Crippen LogP contribution in [0.2, 0.25) is 0 Å². The van der Waals surface area contributed by atoms with E-state index in [4.69, 9.17) is 28.4 Å². The number of unbranched alkanes of at least 4 members (excludes halogenated alkanes) is 14. The highest BCUT2D eigenvalue weighted by Gasteiger charge is 2.25. The van der Waals surface area contributed by atoms with Gasteiger partial charge in [-0.2, -0.15) is 0 Å². The second-order valence-corrected chi connectivity index (χ2v) is 35.1. The smallest absolute Gasteiger partial charge is 0.305 e. The third kappa shape index (κ3) is 34.6. The van der Waals surface area contributed by atoms with E-state index in [0.717, 1.165) is 214 Å². The normalized spacial score (nSPS) is 10.2. The molecule has 8 heteroatoms. The molecule has 0 aliphatic carbocycles. The second-order valence-electron chi connectivity index (χ2n) is 35.1. The topological polar surface area (TPSA) is 89.5 Å². The molecule has 0 saturated heterocycles. The van der Waals surface area contributed by atoms with E-state index in [9.17, 15) is 9.59 Å². The summed E-state index contributed by atoms with van der Waals surface area (Å²) in [6.45, 7) is 23.1. The summed E-state index contributed by atoms with van der Waals surface area (Å²) < 4.78 is 36.5. The molecule has 138 heavy (non-hydrogen) atoms. The molecule has 0 atom stereocenters. The fraction of sp³-hybridized carbons (Fsp3) is 0.277. The number of benzene rings is 12. The van der Waals surface area contributed by atoms with Crippen LogP contribution in [0.4, 0.5) is 0 Å². The van der Waals surface area contributed by atoms with Gasteiger partial charge in [-0.3, -0.25) is 9.59 Å². The molecule has 0 bridgehead atoms. The van der Waals surface area contributed by atoms with Crippen LogP contribution in [0, 0.1) is 188 Å². The minimum absolute atomic E-state index is 0.175. The van der Waals surface area contributed by atoms with Crippen LogP contribution in [-0.4, -0.2) is 64.8 Å². The number of rotatable bonds is 33. The van der Waals surface area contributed by atoms with Crippen molar-refractivity contribution >= 4 is 11.9 Å². The molecule has 0 aliphatic heterocycles. The average molecular weight is 1810 g/mol. The summed E-state index contributed by atoms with van der Waals surface area (Å²) in [5, 5.41) is 0. The van der Waals surface area contributed by atoms with Crippen molar-refractivity contribution < 1.29 is 38.0 Å². The fourth-order valence-corrected chi connectivity index (χ4v) is 14.8. The van der Waals surface area contributed by atoms with E-state index in [2.05, 4.69) is 309 Å². The van der Waals surface area contributed by atoms with E-state index >= 15 is 0 Å². The molecule has 0 unspecified atom stereocenters. The molecule has 0 spiro atoms. The Morgan fingerprint density at radius 1 is 0.167 bits per heavy atom. The highest BCUT2D eigenvalue weighted by molar-refractivity contribution is 5.80. The summed E-state index contributed by atoms with van der Waals surface area (Å²) in [6, 6.07) is 82.1. The Hall–Kier alpha value is -15.3. The molecule has 12 aromatic rings. The molecule has 690 valence electrons. The molecule has 0 amide bonds. The van der Waals surface area contributed by atoms with Crippen molar-refractivity contribution in [3.05, 3.63) is 410 Å². The van der Waals surface area contributed by atoms with Gasteiger partial charge in [-0.05, 0) is 216 Å². The van der Waals surface area contributed by atoms with Gasteiger partial charge in [0.1, 0.15) is 13.2 Å². The second kappa shape index (κ2) is 55.5. The molecule has 0 saturated carbocycles. The average Bonchev–Trinajstić information content (AvgIpc) is 0.765. The lowest BCUT2D eigenvalue weighted by Crippen LogP contribution is -2.15. The maximum Gasteiger partial charge on any atom is 0.305 e. The van der Waals surface area contributed by atoms with Crippen LogP contribution in [0.1, 0.15) is 282 Å². The van der Waals surface area contributed by atoms with Crippen LogP contribution in [0.15, 0.2) is 243 Å². The fourth-order valence-electron chi connectivity index (χ4n) is 14.8. The van der Waals surface area contributed by atoms with Gasteiger partial charge >= 0.3 is 11.9 Å². The molecule has 0 N–H and O–H groups in total. The van der Waals surface area contributed by atoms with Crippen LogP contribution in [0.25, 0.3) is 0 Å². The number of carbonyl (C=O) groups is 2. The number of carbonyl (C=O) groups excluding carboxylic acids is 2. The Bertz CT molecular complexity index is 6090. The van der Waals surface area contributed by atoms with Crippen LogP contribution in [0.5, 0.6) is 11.5 Å². The summed E-state index contributed by atoms with van der Waals surface area (Å²) in [7, 11) is 0. The first kappa shape index (κ1) is 102. The quantitative estimate of drug-likeness (QED) is 0.0228. The Balaban J connectivity index is 0.564. The molecule has 8 nitrogen and oxygen atoms in total. The van der Waals surface area contributed by atoms with Crippen molar-refractivity contribution in [1.82, 2.24) is 0 Å². The largest absolute Gasteiger partial charge is 0.491 e. The van der Waals surface area contributed by atoms with Crippen molar-refractivity contribution in [2.24, 2.45) is 0 Å². The Kier molecular flexibility index (Phi) is 40.9. The molecule has 12 rings (SSSR count). The number of hydrogen-bond donors (Lipinski definition) is 0. The van der Waals surface area contributed by atoms with Crippen LogP contribution >= 0.6 is 0 Å². The zero-order valence-electron chi connectivity index (χ0n) is 81.7. The van der Waals surface area contributed by atoms with Gasteiger partial charge in [0.15, 0.2) is 11.5 Å². The Morgan fingerprint density at radius 3 is 0.493 bits per heavy atom. The molecule has 12 aromatic carbocycles. The van der Waals surface area contributed by atoms with E-state index in [1.807, 2.05) is 121 Å². The minimum Gasteiger partial charge on any atom is -0.491 e. The third-order valence-electron chi connectivity index (χ3n) is 23.1. The SMILES string of the molecule is Cc1ccc(C#Cc2c(C#Cc3ccc(C)cc3)c(C#Cc3ccc(C)cc3)c(OCCCCCCCCCCC(=O)OCCOCCOCCOC(=O)CCCCCCCCCCOc3c(C#Cc4ccc(C)cc4)c(C#Cc4ccc(C)cc4)c(C#Cc4ccc(C)cc4)c(C#Cc4ccc(C)cc4)c3C#Cc3ccc(C)cc3)c(C#Cc3ccc(C)cc3)c2C#Cc2ccc(C)cc2)cc1. The van der Waals surface area contributed by atoms with E-state index in [1.165, 1.54) is 0 Å². The Morgan fingerprint density at radius 2 is 0.312 bits per heavy atom. The number of esters is 2. The minimum atomic E-state index is -0.224. The number of ether oxygens (including phenoxy) is 6. The summed E-state index contributed by atoms with van der Waals surface area (Å²) in [5.41, 5.74) is 26.1. The van der Waals surface area contributed by atoms with Crippen molar-refractivity contribution in [2.75, 3.05) is 52.9 Å². The first-order valence-corrected chi connectivity index (χ1v) is 48.5. The highest BCUT2D eigenvalue weighted by Crippen LogP contribution is 2.37. The van der Waals surface area contributed by atoms with Gasteiger partial charge in [0.05, 0.1) is 95.3 Å². The standard InChI is InChI=1S/C130H122O8/c1-97-29-49-107(50-30-97)69-79-117-119(81-71-109-53-33-99(3)34-54-109)123(85-75-113-61-41-103(7)42-62-113)129(124(86-76-114-63-43-104(8)44-64-114)120(117)82-72-110-55-35-100(4)36-56-110)137-89-25-21-17-13-11-15-19-23-27-127(131)135-95-93-133-91-92-134-94-96-136-128(132)28-24-20-16-12-14-18-22-26-90-138-130-125(87-77-115-65-45-105(9)46-66-115)121(83-73-111-57-37-101(5)38-58-111)118(80-70-108-51-31-98(2)32-52-108)122(84-74-112-59-39-102(6)40-60-112)126(130)88-78-116-67-47-106(10)48-68-116/h29-68H,11-28,89-96H2,1-10H3. The van der Waals surface area contributed by atoms with Gasteiger partial charge in [0.2, 0.25) is 0 Å². The van der Waals surface area contributed by atoms with Gasteiger partial charge in [-0.25, -0.2) is 0 Å². The van der Waals surface area contributed by atoms with Crippen LogP contribution < -0.4 is 9.47 Å².